The first kappa shape index (κ1) is 14.9. The quantitative estimate of drug-likeness (QED) is 0.874. The molecule has 1 aromatic carbocycles. The molecule has 0 spiro atoms. The number of aryl methyl sites for hydroxylation is 1. The molecule has 116 valence electrons. The summed E-state index contributed by atoms with van der Waals surface area (Å²) in [6.45, 7) is 2.64. The Labute approximate surface area is 134 Å². The van der Waals surface area contributed by atoms with Crippen LogP contribution in [0.1, 0.15) is 36.7 Å². The van der Waals surface area contributed by atoms with Crippen LogP contribution in [0.4, 0.5) is 10.5 Å². The fourth-order valence-electron chi connectivity index (χ4n) is 2.85. The Balaban J connectivity index is 1.79. The van der Waals surface area contributed by atoms with Crippen molar-refractivity contribution in [1.82, 2.24) is 14.9 Å². The minimum Gasteiger partial charge on any atom is -0.347 e. The standard InChI is InChI=1S/C16H19ClN4O/c1-11-5-4-6-12(14(11)17)20-16(22)21-10-3-2-7-13(21)15-18-8-9-19-15/h4-6,8-9,13H,2-3,7,10H2,1H3,(H,18,19)(H,20,22). The van der Waals surface area contributed by atoms with Gasteiger partial charge in [0.2, 0.25) is 0 Å². The third-order valence-electron chi connectivity index (χ3n) is 4.03. The van der Waals surface area contributed by atoms with Gasteiger partial charge in [-0.3, -0.25) is 0 Å². The number of halogens is 1. The van der Waals surface area contributed by atoms with E-state index in [0.29, 0.717) is 10.7 Å². The Morgan fingerprint density at radius 1 is 1.45 bits per heavy atom. The zero-order valence-electron chi connectivity index (χ0n) is 12.5. The number of carbonyl (C=O) groups is 1. The number of piperidine rings is 1. The summed E-state index contributed by atoms with van der Waals surface area (Å²) in [6, 6.07) is 5.49. The van der Waals surface area contributed by atoms with Crippen molar-refractivity contribution in [2.75, 3.05) is 11.9 Å². The van der Waals surface area contributed by atoms with Gasteiger partial charge in [0.1, 0.15) is 5.82 Å². The van der Waals surface area contributed by atoms with Gasteiger partial charge in [-0.05, 0) is 37.8 Å². The monoisotopic (exact) mass is 318 g/mol. The lowest BCUT2D eigenvalue weighted by Gasteiger charge is -2.34. The molecule has 1 saturated heterocycles. The summed E-state index contributed by atoms with van der Waals surface area (Å²) in [4.78, 5) is 21.9. The highest BCUT2D eigenvalue weighted by atomic mass is 35.5. The Bertz CT molecular complexity index is 656. The van der Waals surface area contributed by atoms with E-state index in [1.807, 2.05) is 30.0 Å². The zero-order chi connectivity index (χ0) is 15.5. The van der Waals surface area contributed by atoms with Gasteiger partial charge in [-0.2, -0.15) is 0 Å². The van der Waals surface area contributed by atoms with Gasteiger partial charge in [-0.15, -0.1) is 0 Å². The number of amides is 2. The first-order valence-electron chi connectivity index (χ1n) is 7.49. The topological polar surface area (TPSA) is 61.0 Å². The lowest BCUT2D eigenvalue weighted by Crippen LogP contribution is -2.41. The second-order valence-electron chi connectivity index (χ2n) is 5.55. The van der Waals surface area contributed by atoms with Crippen molar-refractivity contribution in [3.8, 4) is 0 Å². The molecule has 2 heterocycles. The summed E-state index contributed by atoms with van der Waals surface area (Å²) in [7, 11) is 0. The van der Waals surface area contributed by atoms with Crippen LogP contribution in [0.3, 0.4) is 0 Å². The molecule has 0 aliphatic carbocycles. The minimum atomic E-state index is -0.131. The number of urea groups is 1. The smallest absolute Gasteiger partial charge is 0.322 e. The first-order valence-corrected chi connectivity index (χ1v) is 7.86. The van der Waals surface area contributed by atoms with Crippen LogP contribution in [0, 0.1) is 6.92 Å². The third kappa shape index (κ3) is 2.95. The normalized spacial score (nSPS) is 18.3. The van der Waals surface area contributed by atoms with Gasteiger partial charge in [0.05, 0.1) is 16.8 Å². The Morgan fingerprint density at radius 3 is 3.09 bits per heavy atom. The van der Waals surface area contributed by atoms with Crippen molar-refractivity contribution in [3.63, 3.8) is 0 Å². The molecule has 2 amide bonds. The van der Waals surface area contributed by atoms with Crippen LogP contribution in [0.2, 0.25) is 5.02 Å². The van der Waals surface area contributed by atoms with E-state index in [1.165, 1.54) is 0 Å². The number of aromatic amines is 1. The fourth-order valence-corrected chi connectivity index (χ4v) is 3.02. The molecule has 22 heavy (non-hydrogen) atoms. The number of nitrogens with zero attached hydrogens (tertiary/aromatic N) is 2. The highest BCUT2D eigenvalue weighted by Gasteiger charge is 2.29. The van der Waals surface area contributed by atoms with Crippen molar-refractivity contribution in [2.24, 2.45) is 0 Å². The van der Waals surface area contributed by atoms with E-state index >= 15 is 0 Å². The summed E-state index contributed by atoms with van der Waals surface area (Å²) in [5, 5.41) is 3.51. The summed E-state index contributed by atoms with van der Waals surface area (Å²) in [5.74, 6) is 0.838. The molecule has 1 fully saturated rings. The lowest BCUT2D eigenvalue weighted by molar-refractivity contribution is 0.160. The van der Waals surface area contributed by atoms with Crippen molar-refractivity contribution in [2.45, 2.75) is 32.2 Å². The van der Waals surface area contributed by atoms with Gasteiger partial charge < -0.3 is 15.2 Å². The summed E-state index contributed by atoms with van der Waals surface area (Å²) in [6.07, 6.45) is 6.53. The second kappa shape index (κ2) is 6.40. The summed E-state index contributed by atoms with van der Waals surface area (Å²) >= 11 is 6.26. The molecule has 1 atom stereocenters. The van der Waals surface area contributed by atoms with Crippen molar-refractivity contribution in [3.05, 3.63) is 47.0 Å². The Hall–Kier alpha value is -2.01. The van der Waals surface area contributed by atoms with Crippen LogP contribution in [-0.2, 0) is 0 Å². The van der Waals surface area contributed by atoms with Crippen molar-refractivity contribution >= 4 is 23.3 Å². The molecule has 0 bridgehead atoms. The van der Waals surface area contributed by atoms with Crippen LogP contribution in [0.25, 0.3) is 0 Å². The lowest BCUT2D eigenvalue weighted by atomic mass is 10.0. The molecule has 1 aliphatic rings. The van der Waals surface area contributed by atoms with Crippen molar-refractivity contribution < 1.29 is 4.79 Å². The molecule has 1 aromatic heterocycles. The number of nitrogens with one attached hydrogen (secondary N) is 2. The number of hydrogen-bond donors (Lipinski definition) is 2. The first-order chi connectivity index (χ1) is 10.7. The van der Waals surface area contributed by atoms with Gasteiger partial charge in [0.25, 0.3) is 0 Å². The number of anilines is 1. The molecule has 2 N–H and O–H groups in total. The summed E-state index contributed by atoms with van der Waals surface area (Å²) in [5.41, 5.74) is 1.59. The predicted molar refractivity (Wildman–Crippen MR) is 87.1 cm³/mol. The van der Waals surface area contributed by atoms with E-state index in [9.17, 15) is 4.79 Å². The fraction of sp³-hybridized carbons (Fsp3) is 0.375. The van der Waals surface area contributed by atoms with E-state index in [0.717, 1.165) is 37.2 Å². The molecule has 0 saturated carbocycles. The van der Waals surface area contributed by atoms with Crippen LogP contribution in [-0.4, -0.2) is 27.4 Å². The highest BCUT2D eigenvalue weighted by Crippen LogP contribution is 2.31. The molecule has 1 unspecified atom stereocenters. The highest BCUT2D eigenvalue weighted by molar-refractivity contribution is 6.34. The third-order valence-corrected chi connectivity index (χ3v) is 4.53. The maximum Gasteiger partial charge on any atom is 0.322 e. The van der Waals surface area contributed by atoms with Crippen LogP contribution in [0.5, 0.6) is 0 Å². The van der Waals surface area contributed by atoms with E-state index in [4.69, 9.17) is 11.6 Å². The Morgan fingerprint density at radius 2 is 2.32 bits per heavy atom. The number of likely N-dealkylation sites (tertiary alicyclic amines) is 1. The van der Waals surface area contributed by atoms with E-state index in [-0.39, 0.29) is 12.1 Å². The number of aromatic nitrogens is 2. The summed E-state index contributed by atoms with van der Waals surface area (Å²) < 4.78 is 0. The van der Waals surface area contributed by atoms with Gasteiger partial charge in [0, 0.05) is 18.9 Å². The van der Waals surface area contributed by atoms with Gasteiger partial charge >= 0.3 is 6.03 Å². The second-order valence-corrected chi connectivity index (χ2v) is 5.92. The minimum absolute atomic E-state index is 0.00710. The molecule has 3 rings (SSSR count). The van der Waals surface area contributed by atoms with Gasteiger partial charge in [-0.1, -0.05) is 23.7 Å². The van der Waals surface area contributed by atoms with E-state index in [2.05, 4.69) is 15.3 Å². The number of imidazole rings is 1. The number of carbonyl (C=O) groups excluding carboxylic acids is 1. The Kier molecular flexibility index (Phi) is 4.34. The largest absolute Gasteiger partial charge is 0.347 e. The SMILES string of the molecule is Cc1cccc(NC(=O)N2CCCCC2c2ncc[nH]2)c1Cl. The molecule has 6 heteroatoms. The number of benzene rings is 1. The average Bonchev–Trinajstić information content (AvgIpc) is 3.06. The maximum absolute atomic E-state index is 12.7. The van der Waals surface area contributed by atoms with E-state index in [1.54, 1.807) is 12.4 Å². The molecule has 2 aromatic rings. The van der Waals surface area contributed by atoms with E-state index < -0.39 is 0 Å². The van der Waals surface area contributed by atoms with Crippen LogP contribution in [0.15, 0.2) is 30.6 Å². The van der Waals surface area contributed by atoms with Crippen LogP contribution < -0.4 is 5.32 Å². The maximum atomic E-state index is 12.7. The molecule has 1 aliphatic heterocycles. The van der Waals surface area contributed by atoms with Crippen molar-refractivity contribution in [1.29, 1.82) is 0 Å². The zero-order valence-corrected chi connectivity index (χ0v) is 13.2. The number of H-pyrrole nitrogens is 1. The predicted octanol–water partition coefficient (Wildman–Crippen LogP) is 4.13. The number of rotatable bonds is 2. The molecular formula is C16H19ClN4O. The average molecular weight is 319 g/mol. The molecule has 0 radical (unpaired) electrons. The van der Waals surface area contributed by atoms with Gasteiger partial charge in [0.15, 0.2) is 0 Å². The van der Waals surface area contributed by atoms with Gasteiger partial charge in [-0.25, -0.2) is 9.78 Å². The van der Waals surface area contributed by atoms with Crippen LogP contribution >= 0.6 is 11.6 Å². The number of hydrogen-bond acceptors (Lipinski definition) is 2. The molecule has 5 nitrogen and oxygen atoms in total. The molecular weight excluding hydrogens is 300 g/mol.